The Morgan fingerprint density at radius 2 is 1.97 bits per heavy atom. The molecule has 3 atom stereocenters. The van der Waals surface area contributed by atoms with Crippen LogP contribution in [-0.2, 0) is 34.9 Å². The van der Waals surface area contributed by atoms with Crippen molar-refractivity contribution in [2.75, 3.05) is 24.2 Å². The number of anilines is 1. The number of fused-ring (bicyclic) bond motifs is 1. The second-order valence-electron chi connectivity index (χ2n) is 7.02. The minimum Gasteiger partial charge on any atom is -0.679 e. The first-order valence-corrected chi connectivity index (χ1v) is 12.0. The van der Waals surface area contributed by atoms with E-state index in [1.54, 1.807) is 0 Å². The fourth-order valence-corrected chi connectivity index (χ4v) is 5.95. The Morgan fingerprint density at radius 1 is 1.23 bits per heavy atom. The zero-order chi connectivity index (χ0) is 20.9. The third-order valence-corrected chi connectivity index (χ3v) is 7.79. The number of hydrogen-bond acceptors (Lipinski definition) is 5. The van der Waals surface area contributed by atoms with E-state index in [9.17, 15) is 18.0 Å². The molecule has 0 unspecified atom stereocenters. The molecule has 9 nitrogen and oxygen atoms in total. The average molecular weight is 632 g/mol. The van der Waals surface area contributed by atoms with Crippen molar-refractivity contribution in [3.05, 3.63) is 34.7 Å². The molecule has 30 heavy (non-hydrogen) atoms. The molecular formula is C18H25IrN5O4S2-2. The van der Waals surface area contributed by atoms with Gasteiger partial charge < -0.3 is 26.4 Å². The molecule has 0 bridgehead atoms. The van der Waals surface area contributed by atoms with Gasteiger partial charge >= 0.3 is 6.03 Å². The summed E-state index contributed by atoms with van der Waals surface area (Å²) in [5.74, 6) is 0.809. The first kappa shape index (κ1) is 25.1. The van der Waals surface area contributed by atoms with Crippen LogP contribution in [0.15, 0.2) is 29.2 Å². The summed E-state index contributed by atoms with van der Waals surface area (Å²) >= 11 is 1.86. The van der Waals surface area contributed by atoms with Crippen molar-refractivity contribution >= 4 is 39.4 Å². The summed E-state index contributed by atoms with van der Waals surface area (Å²) in [6.07, 6.45) is 2.99. The summed E-state index contributed by atoms with van der Waals surface area (Å²) in [7, 11) is -3.74. The average Bonchev–Trinajstić information content (AvgIpc) is 3.23. The van der Waals surface area contributed by atoms with E-state index in [-0.39, 0.29) is 62.1 Å². The largest absolute Gasteiger partial charge is 0.679 e. The van der Waals surface area contributed by atoms with E-state index in [0.29, 0.717) is 17.4 Å². The molecule has 3 rings (SSSR count). The number of benzene rings is 1. The van der Waals surface area contributed by atoms with Gasteiger partial charge in [0.1, 0.15) is 10.0 Å². The van der Waals surface area contributed by atoms with Gasteiger partial charge in [0.15, 0.2) is 0 Å². The standard InChI is InChI=1S/C18H25N5O4S2.Ir/c19-9-10-20-29(26,27)13-7-5-12(6-8-13)21-16(24)4-2-1-3-15-17-14(11-28-15)22-18(25)23-17;/h5-8,14-15,17,19H,1-4,9-11H2,(H,21,24)(H2,22,23,25);/q-2;/t14-,15-,17-;/m0./s1. The number of amides is 3. The number of nitrogens with one attached hydrogen (secondary N) is 4. The van der Waals surface area contributed by atoms with E-state index in [4.69, 9.17) is 5.73 Å². The Hall–Kier alpha value is -1.17. The molecule has 3 amide bonds. The summed E-state index contributed by atoms with van der Waals surface area (Å²) in [5, 5.41) is 9.04. The fraction of sp³-hybridized carbons (Fsp3) is 0.556. The number of rotatable bonds is 10. The quantitative estimate of drug-likeness (QED) is 0.269. The number of unbranched alkanes of at least 4 members (excludes halogenated alkanes) is 1. The second kappa shape index (κ2) is 11.4. The zero-order valence-electron chi connectivity index (χ0n) is 16.2. The van der Waals surface area contributed by atoms with Gasteiger partial charge in [0.25, 0.3) is 0 Å². The van der Waals surface area contributed by atoms with Gasteiger partial charge in [0, 0.05) is 48.1 Å². The van der Waals surface area contributed by atoms with E-state index in [1.807, 2.05) is 11.8 Å². The van der Waals surface area contributed by atoms with E-state index in [0.717, 1.165) is 25.0 Å². The number of nitrogens with zero attached hydrogens (tertiary/aromatic N) is 1. The van der Waals surface area contributed by atoms with Crippen LogP contribution in [0.25, 0.3) is 10.5 Å². The molecule has 1 aromatic rings. The van der Waals surface area contributed by atoms with Crippen LogP contribution in [0.3, 0.4) is 0 Å². The molecule has 2 saturated heterocycles. The number of carbonyl (C=O) groups excluding carboxylic acids is 2. The maximum absolute atomic E-state index is 12.1. The summed E-state index contributed by atoms with van der Waals surface area (Å²) in [6, 6.07) is 6.18. The molecule has 1 aromatic carbocycles. The second-order valence-corrected chi connectivity index (χ2v) is 9.97. The van der Waals surface area contributed by atoms with Crippen LogP contribution >= 0.6 is 11.8 Å². The molecule has 2 fully saturated rings. The monoisotopic (exact) mass is 632 g/mol. The van der Waals surface area contributed by atoms with Crippen molar-refractivity contribution in [1.82, 2.24) is 10.6 Å². The van der Waals surface area contributed by atoms with Crippen molar-refractivity contribution in [3.8, 4) is 0 Å². The minimum absolute atomic E-state index is 0. The van der Waals surface area contributed by atoms with E-state index >= 15 is 0 Å². The molecular weight excluding hydrogens is 607 g/mol. The molecule has 0 aliphatic carbocycles. The topological polar surface area (TPSA) is 142 Å². The van der Waals surface area contributed by atoms with Crippen LogP contribution in [0.5, 0.6) is 0 Å². The van der Waals surface area contributed by atoms with Crippen LogP contribution in [0, 0.1) is 0 Å². The first-order chi connectivity index (χ1) is 13.9. The van der Waals surface area contributed by atoms with E-state index in [2.05, 4.69) is 20.7 Å². The fourth-order valence-electron chi connectivity index (χ4n) is 3.45. The SMILES string of the molecule is [Ir].[NH-]CC[N-]S(=O)(=O)c1ccc(NC(=O)CCCC[C@@H]2SC[C@@H]3NC(=O)N[C@@H]32)cc1. The molecule has 0 aromatic heterocycles. The van der Waals surface area contributed by atoms with Crippen LogP contribution in [-0.4, -0.2) is 56.5 Å². The molecule has 12 heteroatoms. The van der Waals surface area contributed by atoms with Crippen LogP contribution < -0.4 is 16.0 Å². The summed E-state index contributed by atoms with van der Waals surface area (Å²) < 4.78 is 27.4. The molecule has 0 saturated carbocycles. The Morgan fingerprint density at radius 3 is 2.67 bits per heavy atom. The van der Waals surface area contributed by atoms with Gasteiger partial charge in [-0.15, -0.1) is 0 Å². The normalized spacial score (nSPS) is 22.6. The molecule has 2 aliphatic rings. The Labute approximate surface area is 194 Å². The van der Waals surface area contributed by atoms with Gasteiger partial charge in [-0.05, 0) is 37.1 Å². The van der Waals surface area contributed by atoms with Crippen molar-refractivity contribution < 1.29 is 38.1 Å². The van der Waals surface area contributed by atoms with Gasteiger partial charge in [-0.1, -0.05) is 6.42 Å². The third kappa shape index (κ3) is 6.66. The van der Waals surface area contributed by atoms with Crippen LogP contribution in [0.2, 0.25) is 0 Å². The summed E-state index contributed by atoms with van der Waals surface area (Å²) in [6.45, 7) is -0.149. The first-order valence-electron chi connectivity index (χ1n) is 9.56. The van der Waals surface area contributed by atoms with Crippen molar-refractivity contribution in [2.45, 2.75) is 47.9 Å². The zero-order valence-corrected chi connectivity index (χ0v) is 20.2. The summed E-state index contributed by atoms with van der Waals surface area (Å²) in [5.41, 5.74) is 7.52. The Kier molecular flexibility index (Phi) is 9.58. The Bertz CT molecular complexity index is 837. The minimum atomic E-state index is -3.74. The number of sulfonamides is 1. The number of hydrogen-bond donors (Lipinski definition) is 3. The van der Waals surface area contributed by atoms with Gasteiger partial charge in [0.05, 0.1) is 12.1 Å². The van der Waals surface area contributed by atoms with Gasteiger partial charge in [-0.3, -0.25) is 4.79 Å². The summed E-state index contributed by atoms with van der Waals surface area (Å²) in [4.78, 5) is 23.5. The van der Waals surface area contributed by atoms with Crippen LogP contribution in [0.1, 0.15) is 25.7 Å². The molecule has 169 valence electrons. The number of thioether (sulfide) groups is 1. The maximum Gasteiger partial charge on any atom is 0.315 e. The van der Waals surface area contributed by atoms with Crippen LogP contribution in [0.4, 0.5) is 10.5 Å². The van der Waals surface area contributed by atoms with Crippen molar-refractivity contribution in [2.24, 2.45) is 0 Å². The predicted molar refractivity (Wildman–Crippen MR) is 114 cm³/mol. The van der Waals surface area contributed by atoms with Gasteiger partial charge in [-0.2, -0.15) is 24.9 Å². The molecule has 0 spiro atoms. The maximum atomic E-state index is 12.1. The molecule has 2 heterocycles. The molecule has 1 radical (unpaired) electrons. The molecule has 2 aliphatic heterocycles. The van der Waals surface area contributed by atoms with E-state index in [1.165, 1.54) is 24.3 Å². The van der Waals surface area contributed by atoms with Crippen molar-refractivity contribution in [1.29, 1.82) is 0 Å². The van der Waals surface area contributed by atoms with Crippen molar-refractivity contribution in [3.63, 3.8) is 0 Å². The molecule has 4 N–H and O–H groups in total. The van der Waals surface area contributed by atoms with Gasteiger partial charge in [-0.25, -0.2) is 13.2 Å². The number of urea groups is 1. The Balaban J connectivity index is 0.00000320. The third-order valence-electron chi connectivity index (χ3n) is 4.89. The van der Waals surface area contributed by atoms with Gasteiger partial charge in [0.2, 0.25) is 5.91 Å². The number of carbonyl (C=O) groups is 2. The smallest absolute Gasteiger partial charge is 0.315 e. The van der Waals surface area contributed by atoms with E-state index < -0.39 is 10.0 Å². The predicted octanol–water partition coefficient (Wildman–Crippen LogP) is 2.46.